The molecule has 0 aromatic rings. The molecular weight excluding hydrogens is 351 g/mol. The van der Waals surface area contributed by atoms with Gasteiger partial charge in [-0.3, -0.25) is 0 Å². The molecule has 0 unspecified atom stereocenters. The second-order valence-electron chi connectivity index (χ2n) is 0.714. The van der Waals surface area contributed by atoms with E-state index in [0.717, 1.165) is 0 Å². The van der Waals surface area contributed by atoms with E-state index in [1.807, 2.05) is 0 Å². The zero-order valence-electron chi connectivity index (χ0n) is 5.43. The molecule has 0 heterocycles. The van der Waals surface area contributed by atoms with Crippen molar-refractivity contribution in [1.82, 2.24) is 0 Å². The minimum absolute atomic E-state index is 0. The van der Waals surface area contributed by atoms with Gasteiger partial charge in [-0.05, 0) is 0 Å². The van der Waals surface area contributed by atoms with Crippen molar-refractivity contribution < 1.29 is 68.6 Å². The molecule has 0 atom stereocenters. The van der Waals surface area contributed by atoms with E-state index in [0.29, 0.717) is 0 Å². The third-order valence-electron chi connectivity index (χ3n) is 0. The zero-order chi connectivity index (χ0) is 10.7. The van der Waals surface area contributed by atoms with E-state index in [1.54, 1.807) is 0 Å². The minimum Gasteiger partial charge on any atom is -0.328 e. The second kappa shape index (κ2) is 17.1. The van der Waals surface area contributed by atoms with Crippen molar-refractivity contribution in [2.24, 2.45) is 0 Å². The predicted molar refractivity (Wildman–Crippen MR) is 26.3 cm³/mol. The van der Waals surface area contributed by atoms with Gasteiger partial charge in [0, 0.05) is 37.7 Å². The third-order valence-corrected chi connectivity index (χ3v) is 0. The van der Waals surface area contributed by atoms with Crippen molar-refractivity contribution in [2.45, 2.75) is 0 Å². The fourth-order valence-corrected chi connectivity index (χ4v) is 0. The Hall–Kier alpha value is -1.14. The summed E-state index contributed by atoms with van der Waals surface area (Å²) in [4.78, 5) is 25.1. The summed E-state index contributed by atoms with van der Waals surface area (Å²) in [6.45, 7) is 0. The Morgan fingerprint density at radius 2 is 0.692 bits per heavy atom. The van der Waals surface area contributed by atoms with Crippen LogP contribution in [0.25, 0.3) is 0 Å². The maximum atomic E-state index is 8.36. The maximum absolute atomic E-state index is 8.36. The van der Waals surface area contributed by atoms with Crippen molar-refractivity contribution in [3.8, 4) is 0 Å². The van der Waals surface area contributed by atoms with Crippen molar-refractivity contribution in [1.29, 1.82) is 0 Å². The van der Waals surface area contributed by atoms with Gasteiger partial charge < -0.3 is 15.6 Å². The Morgan fingerprint density at radius 1 is 0.692 bits per heavy atom. The van der Waals surface area contributed by atoms with E-state index >= 15 is 0 Å². The summed E-state index contributed by atoms with van der Waals surface area (Å²) in [6, 6.07) is 0. The molecule has 0 bridgehead atoms. The molecule has 13 heavy (non-hydrogen) atoms. The summed E-state index contributed by atoms with van der Waals surface area (Å²) in [7, 11) is 0. The van der Waals surface area contributed by atoms with Crippen molar-refractivity contribution in [3.05, 3.63) is 30.3 Å². The summed E-state index contributed by atoms with van der Waals surface area (Å²) >= 11 is 0. The Kier molecular flexibility index (Phi) is 29.8. The van der Waals surface area contributed by atoms with Crippen LogP contribution in [0.3, 0.4) is 0 Å². The van der Waals surface area contributed by atoms with Gasteiger partial charge in [-0.2, -0.15) is 0 Å². The van der Waals surface area contributed by atoms with E-state index in [9.17, 15) is 0 Å². The first-order valence-corrected chi connectivity index (χ1v) is 1.70. The van der Waals surface area contributed by atoms with Gasteiger partial charge in [0.05, 0.1) is 0 Å². The summed E-state index contributed by atoms with van der Waals surface area (Å²) in [5, 5.41) is 40.9. The molecule has 0 rings (SSSR count). The molecule has 0 saturated heterocycles. The summed E-state index contributed by atoms with van der Waals surface area (Å²) in [5.41, 5.74) is 0. The van der Waals surface area contributed by atoms with Crippen LogP contribution in [0.4, 0.5) is 0 Å². The van der Waals surface area contributed by atoms with Gasteiger partial charge in [0.2, 0.25) is 0 Å². The first kappa shape index (κ1) is 22.6. The summed E-state index contributed by atoms with van der Waals surface area (Å²) in [6.07, 6.45) is 0. The molecule has 3 N–H and O–H groups in total. The monoisotopic (exact) mass is 354 g/mol. The molecule has 0 aromatic heterocycles. The van der Waals surface area contributed by atoms with Crippen LogP contribution in [-0.2, 0) is 0 Å². The predicted octanol–water partition coefficient (Wildman–Crippen LogP) is -1.04. The Balaban J connectivity index is -0.0000000450. The van der Waals surface area contributed by atoms with Gasteiger partial charge in [0.15, 0.2) is 0 Å². The normalized spacial score (nSPS) is 5.54. The SMILES string of the molecule is O=[N+]([O-])O.O=[N+]([O-])O.O=[N+]([O-])O.[Ho]. The first-order chi connectivity index (χ1) is 5.20. The molecular formula is H3HoN3O9. The van der Waals surface area contributed by atoms with Crippen LogP contribution < -0.4 is 0 Å². The molecule has 12 nitrogen and oxygen atoms in total. The van der Waals surface area contributed by atoms with Crippen molar-refractivity contribution >= 4 is 0 Å². The van der Waals surface area contributed by atoms with Crippen LogP contribution in [0.1, 0.15) is 0 Å². The van der Waals surface area contributed by atoms with Crippen LogP contribution in [0.2, 0.25) is 0 Å². The van der Waals surface area contributed by atoms with E-state index < -0.39 is 15.3 Å². The van der Waals surface area contributed by atoms with Crippen LogP contribution in [-0.4, -0.2) is 30.9 Å². The third kappa shape index (κ3) is 656. The van der Waals surface area contributed by atoms with Gasteiger partial charge >= 0.3 is 0 Å². The largest absolute Gasteiger partial charge is 0.328 e. The molecule has 0 saturated carbocycles. The molecule has 0 aliphatic rings. The van der Waals surface area contributed by atoms with Crippen LogP contribution >= 0.6 is 0 Å². The van der Waals surface area contributed by atoms with E-state index in [-0.39, 0.29) is 37.7 Å². The first-order valence-electron chi connectivity index (χ1n) is 1.70. The van der Waals surface area contributed by atoms with Gasteiger partial charge in [0.25, 0.3) is 15.3 Å². The van der Waals surface area contributed by atoms with Crippen molar-refractivity contribution in [3.63, 3.8) is 0 Å². The maximum Gasteiger partial charge on any atom is 0.291 e. The smallest absolute Gasteiger partial charge is 0.291 e. The Labute approximate surface area is 98.7 Å². The van der Waals surface area contributed by atoms with E-state index in [1.165, 1.54) is 0 Å². The second-order valence-corrected chi connectivity index (χ2v) is 0.714. The minimum atomic E-state index is -1.50. The van der Waals surface area contributed by atoms with Gasteiger partial charge in [-0.1, -0.05) is 0 Å². The van der Waals surface area contributed by atoms with E-state index in [2.05, 4.69) is 0 Å². The molecule has 0 aromatic carbocycles. The van der Waals surface area contributed by atoms with Gasteiger partial charge in [-0.15, -0.1) is 30.3 Å². The number of nitrogens with zero attached hydrogens (tertiary/aromatic N) is 3. The molecule has 0 fully saturated rings. The molecule has 0 aliphatic heterocycles. The molecule has 13 heteroatoms. The Morgan fingerprint density at radius 3 is 0.692 bits per heavy atom. The molecule has 83 valence electrons. The molecule has 0 spiro atoms. The average molecular weight is 354 g/mol. The number of hydrogen-bond donors (Lipinski definition) is 3. The summed E-state index contributed by atoms with van der Waals surface area (Å²) in [5.74, 6) is 0. The van der Waals surface area contributed by atoms with Crippen molar-refractivity contribution in [2.75, 3.05) is 0 Å². The fraction of sp³-hybridized carbons (Fsp3) is 0. The van der Waals surface area contributed by atoms with E-state index in [4.69, 9.17) is 46.0 Å². The molecule has 0 amide bonds. The van der Waals surface area contributed by atoms with Crippen LogP contribution in [0.5, 0.6) is 0 Å². The van der Waals surface area contributed by atoms with Crippen LogP contribution in [0, 0.1) is 68.1 Å². The van der Waals surface area contributed by atoms with Crippen LogP contribution in [0.15, 0.2) is 0 Å². The number of hydrogen-bond acceptors (Lipinski definition) is 6. The standard InChI is InChI=1S/Ho.3HNO3/c;3*2-1(3)4/h;3*(H,2,3,4). The fourth-order valence-electron chi connectivity index (χ4n) is 0. The quantitative estimate of drug-likeness (QED) is 0.277. The zero-order valence-corrected chi connectivity index (χ0v) is 7.37. The number of rotatable bonds is 0. The van der Waals surface area contributed by atoms with Gasteiger partial charge in [-0.25, -0.2) is 0 Å². The average Bonchev–Trinajstić information content (AvgIpc) is 1.54. The Bertz CT molecular complexity index is 112. The summed E-state index contributed by atoms with van der Waals surface area (Å²) < 4.78 is 0. The topological polar surface area (TPSA) is 190 Å². The molecule has 0 aliphatic carbocycles. The van der Waals surface area contributed by atoms with Gasteiger partial charge in [0.1, 0.15) is 0 Å². The molecule has 1 radical (unpaired) electrons.